The Morgan fingerprint density at radius 3 is 2.31 bits per heavy atom. The number of nitrogens with one attached hydrogen (secondary N) is 1. The number of benzene rings is 1. The minimum absolute atomic E-state index is 0.0360. The van der Waals surface area contributed by atoms with Gasteiger partial charge in [-0.1, -0.05) is 39.0 Å². The zero-order valence-corrected chi connectivity index (χ0v) is 16.4. The van der Waals surface area contributed by atoms with Crippen LogP contribution in [-0.2, 0) is 9.59 Å². The molecule has 2 saturated carbocycles. The zero-order valence-electron chi connectivity index (χ0n) is 16.4. The van der Waals surface area contributed by atoms with Gasteiger partial charge in [-0.05, 0) is 44.2 Å². The molecule has 1 aromatic rings. The number of carbonyl (C=O) groups is 2. The molecule has 0 heterocycles. The van der Waals surface area contributed by atoms with Gasteiger partial charge in [-0.25, -0.2) is 0 Å². The van der Waals surface area contributed by atoms with Crippen LogP contribution in [0.15, 0.2) is 35.4 Å². The van der Waals surface area contributed by atoms with E-state index in [0.29, 0.717) is 25.2 Å². The standard InChI is InChI=1S/C21H29N3O2/c1-6-24(7-2)18(26)21-14-13-20(5,19(21,3)4)16(17(21)25)23-22-15-11-9-8-10-12-15/h8-12,22H,6-7,13-14H2,1-5H3/b23-16+. The average molecular weight is 355 g/mol. The first kappa shape index (κ1) is 18.6. The number of anilines is 1. The number of hydrazone groups is 1. The average Bonchev–Trinajstić information content (AvgIpc) is 2.91. The Labute approximate surface area is 155 Å². The summed E-state index contributed by atoms with van der Waals surface area (Å²) in [7, 11) is 0. The van der Waals surface area contributed by atoms with Crippen LogP contribution in [0.5, 0.6) is 0 Å². The van der Waals surface area contributed by atoms with Gasteiger partial charge in [0.05, 0.1) is 5.69 Å². The monoisotopic (exact) mass is 355 g/mol. The molecule has 2 fully saturated rings. The van der Waals surface area contributed by atoms with Gasteiger partial charge >= 0.3 is 0 Å². The Kier molecular flexibility index (Phi) is 4.45. The molecule has 140 valence electrons. The van der Waals surface area contributed by atoms with E-state index < -0.39 is 16.2 Å². The van der Waals surface area contributed by atoms with Crippen LogP contribution < -0.4 is 5.43 Å². The molecule has 1 N–H and O–H groups in total. The van der Waals surface area contributed by atoms with Crippen LogP contribution in [0.4, 0.5) is 5.69 Å². The largest absolute Gasteiger partial charge is 0.342 e. The number of para-hydroxylation sites is 1. The maximum Gasteiger partial charge on any atom is 0.237 e. The van der Waals surface area contributed by atoms with Crippen molar-refractivity contribution >= 4 is 23.1 Å². The smallest absolute Gasteiger partial charge is 0.237 e. The molecular weight excluding hydrogens is 326 g/mol. The third-order valence-corrected chi connectivity index (χ3v) is 7.06. The Balaban J connectivity index is 2.04. The summed E-state index contributed by atoms with van der Waals surface area (Å²) >= 11 is 0. The fraction of sp³-hybridized carbons (Fsp3) is 0.571. The van der Waals surface area contributed by atoms with Crippen molar-refractivity contribution in [1.29, 1.82) is 0 Å². The zero-order chi connectivity index (χ0) is 19.2. The molecule has 1 aromatic carbocycles. The number of ketones is 1. The first-order chi connectivity index (χ1) is 12.3. The molecule has 0 saturated heterocycles. The van der Waals surface area contributed by atoms with Crippen molar-refractivity contribution < 1.29 is 9.59 Å². The van der Waals surface area contributed by atoms with Crippen molar-refractivity contribution in [2.75, 3.05) is 18.5 Å². The highest BCUT2D eigenvalue weighted by atomic mass is 16.2. The lowest BCUT2D eigenvalue weighted by molar-refractivity contribution is -0.152. The van der Waals surface area contributed by atoms with Gasteiger partial charge in [0.25, 0.3) is 0 Å². The molecule has 0 radical (unpaired) electrons. The molecule has 26 heavy (non-hydrogen) atoms. The Morgan fingerprint density at radius 2 is 1.73 bits per heavy atom. The van der Waals surface area contributed by atoms with E-state index in [0.717, 1.165) is 12.1 Å². The normalized spacial score (nSPS) is 30.7. The van der Waals surface area contributed by atoms with Crippen LogP contribution in [0.1, 0.15) is 47.5 Å². The number of nitrogens with zero attached hydrogens (tertiary/aromatic N) is 2. The summed E-state index contributed by atoms with van der Waals surface area (Å²) in [5, 5.41) is 4.51. The first-order valence-electron chi connectivity index (χ1n) is 9.49. The van der Waals surface area contributed by atoms with Gasteiger partial charge in [0, 0.05) is 18.5 Å². The highest BCUT2D eigenvalue weighted by Gasteiger charge is 2.77. The van der Waals surface area contributed by atoms with Crippen LogP contribution in [0.2, 0.25) is 0 Å². The van der Waals surface area contributed by atoms with Crippen LogP contribution >= 0.6 is 0 Å². The number of hydrogen-bond acceptors (Lipinski definition) is 4. The van der Waals surface area contributed by atoms with Crippen LogP contribution in [0, 0.1) is 16.2 Å². The molecular formula is C21H29N3O2. The number of rotatable bonds is 5. The summed E-state index contributed by atoms with van der Waals surface area (Å²) in [4.78, 5) is 28.7. The van der Waals surface area contributed by atoms with E-state index in [9.17, 15) is 9.59 Å². The van der Waals surface area contributed by atoms with Gasteiger partial charge in [0.1, 0.15) is 11.1 Å². The summed E-state index contributed by atoms with van der Waals surface area (Å²) in [5.74, 6) is -0.136. The van der Waals surface area contributed by atoms with E-state index in [1.807, 2.05) is 44.2 Å². The fourth-order valence-electron chi connectivity index (χ4n) is 4.86. The van der Waals surface area contributed by atoms with E-state index in [1.54, 1.807) is 4.90 Å². The highest BCUT2D eigenvalue weighted by Crippen LogP contribution is 2.69. The Bertz CT molecular complexity index is 752. The lowest BCUT2D eigenvalue weighted by Gasteiger charge is -2.40. The number of fused-ring (bicyclic) bond motifs is 2. The Hall–Kier alpha value is -2.17. The van der Waals surface area contributed by atoms with Gasteiger partial charge in [-0.15, -0.1) is 0 Å². The molecule has 0 aliphatic heterocycles. The number of Topliss-reactive ketones (excluding diaryl/α,β-unsaturated/α-hetero) is 1. The molecule has 2 atom stereocenters. The van der Waals surface area contributed by atoms with Crippen molar-refractivity contribution in [2.45, 2.75) is 47.5 Å². The maximum atomic E-state index is 13.5. The number of carbonyl (C=O) groups excluding carboxylic acids is 2. The quantitative estimate of drug-likeness (QED) is 0.647. The van der Waals surface area contributed by atoms with Crippen molar-refractivity contribution in [3.63, 3.8) is 0 Å². The third kappa shape index (κ3) is 2.19. The molecule has 2 unspecified atom stereocenters. The topological polar surface area (TPSA) is 61.8 Å². The predicted molar refractivity (Wildman–Crippen MR) is 104 cm³/mol. The van der Waals surface area contributed by atoms with Gasteiger partial charge in [-0.2, -0.15) is 5.10 Å². The van der Waals surface area contributed by atoms with Crippen LogP contribution in [0.3, 0.4) is 0 Å². The van der Waals surface area contributed by atoms with E-state index >= 15 is 0 Å². The predicted octanol–water partition coefficient (Wildman–Crippen LogP) is 3.72. The van der Waals surface area contributed by atoms with E-state index in [1.165, 1.54) is 0 Å². The molecule has 5 heteroatoms. The maximum absolute atomic E-state index is 13.5. The van der Waals surface area contributed by atoms with Gasteiger partial charge in [-0.3, -0.25) is 15.0 Å². The summed E-state index contributed by atoms with van der Waals surface area (Å²) in [6, 6.07) is 9.59. The fourth-order valence-corrected chi connectivity index (χ4v) is 4.86. The van der Waals surface area contributed by atoms with E-state index in [-0.39, 0.29) is 11.7 Å². The van der Waals surface area contributed by atoms with Crippen molar-refractivity contribution in [1.82, 2.24) is 4.90 Å². The lowest BCUT2D eigenvalue weighted by atomic mass is 9.64. The van der Waals surface area contributed by atoms with E-state index in [4.69, 9.17) is 0 Å². The number of hydrogen-bond donors (Lipinski definition) is 1. The van der Waals surface area contributed by atoms with Crippen molar-refractivity contribution in [2.24, 2.45) is 21.3 Å². The van der Waals surface area contributed by atoms with Crippen molar-refractivity contribution in [3.8, 4) is 0 Å². The molecule has 2 aliphatic carbocycles. The third-order valence-electron chi connectivity index (χ3n) is 7.06. The highest BCUT2D eigenvalue weighted by molar-refractivity contribution is 6.50. The Morgan fingerprint density at radius 1 is 1.12 bits per heavy atom. The molecule has 2 aliphatic rings. The second kappa shape index (κ2) is 6.22. The van der Waals surface area contributed by atoms with Crippen LogP contribution in [0.25, 0.3) is 0 Å². The summed E-state index contributed by atoms with van der Waals surface area (Å²) < 4.78 is 0. The second-order valence-corrected chi connectivity index (χ2v) is 8.11. The van der Waals surface area contributed by atoms with Gasteiger partial charge in [0.2, 0.25) is 5.91 Å². The molecule has 1 amide bonds. The minimum atomic E-state index is -0.995. The molecule has 3 rings (SSSR count). The molecule has 0 spiro atoms. The minimum Gasteiger partial charge on any atom is -0.342 e. The van der Waals surface area contributed by atoms with Crippen LogP contribution in [-0.4, -0.2) is 35.4 Å². The second-order valence-electron chi connectivity index (χ2n) is 8.11. The van der Waals surface area contributed by atoms with Gasteiger partial charge < -0.3 is 4.90 Å². The molecule has 0 aromatic heterocycles. The lowest BCUT2D eigenvalue weighted by Crippen LogP contribution is -2.52. The SMILES string of the molecule is CCN(CC)C(=O)C12CCC(C)(/C(=N/Nc3ccccc3)C1=O)C2(C)C. The summed E-state index contributed by atoms with van der Waals surface area (Å²) in [6.07, 6.45) is 1.41. The van der Waals surface area contributed by atoms with Crippen molar-refractivity contribution in [3.05, 3.63) is 30.3 Å². The van der Waals surface area contributed by atoms with E-state index in [2.05, 4.69) is 31.3 Å². The molecule has 5 nitrogen and oxygen atoms in total. The first-order valence-corrected chi connectivity index (χ1v) is 9.49. The number of amides is 1. The van der Waals surface area contributed by atoms with Gasteiger partial charge in [0.15, 0.2) is 5.78 Å². The summed E-state index contributed by atoms with van der Waals surface area (Å²) in [5.41, 5.74) is 2.50. The summed E-state index contributed by atoms with van der Waals surface area (Å²) in [6.45, 7) is 11.4. The molecule has 2 bridgehead atoms.